The Morgan fingerprint density at radius 1 is 1.50 bits per heavy atom. The second-order valence-corrected chi connectivity index (χ2v) is 5.43. The first-order valence-corrected chi connectivity index (χ1v) is 6.33. The van der Waals surface area contributed by atoms with Crippen LogP contribution in [0.2, 0.25) is 5.15 Å². The Balaban J connectivity index is 2.48. The summed E-state index contributed by atoms with van der Waals surface area (Å²) >= 11 is 5.66. The van der Waals surface area contributed by atoms with Crippen molar-refractivity contribution in [1.29, 1.82) is 0 Å². The monoisotopic (exact) mass is 270 g/mol. The summed E-state index contributed by atoms with van der Waals surface area (Å²) in [6, 6.07) is 3.23. The lowest BCUT2D eigenvalue weighted by molar-refractivity contribution is 0.0932. The maximum absolute atomic E-state index is 11.8. The van der Waals surface area contributed by atoms with Crippen LogP contribution in [0.4, 0.5) is 0 Å². The van der Waals surface area contributed by atoms with Gasteiger partial charge < -0.3 is 10.4 Å². The van der Waals surface area contributed by atoms with Gasteiger partial charge in [-0.25, -0.2) is 4.98 Å². The van der Waals surface area contributed by atoms with E-state index < -0.39 is 0 Å². The number of nitrogens with one attached hydrogen (secondary N) is 1. The van der Waals surface area contributed by atoms with Crippen molar-refractivity contribution in [2.75, 3.05) is 13.2 Å². The molecule has 0 radical (unpaired) electrons. The standard InChI is InChI=1S/C13H19ClN2O2/c1-13(2,6-3-7-17)9-16-12(18)10-4-5-11(14)15-8-10/h4-5,8,17H,3,6-7,9H2,1-2H3,(H,16,18). The molecule has 0 fully saturated rings. The van der Waals surface area contributed by atoms with E-state index in [2.05, 4.69) is 24.1 Å². The average molecular weight is 271 g/mol. The maximum atomic E-state index is 11.8. The fraction of sp³-hybridized carbons (Fsp3) is 0.538. The van der Waals surface area contributed by atoms with Crippen LogP contribution in [0, 0.1) is 5.41 Å². The molecule has 2 N–H and O–H groups in total. The molecule has 0 aliphatic rings. The summed E-state index contributed by atoms with van der Waals surface area (Å²) < 4.78 is 0. The molecule has 4 nitrogen and oxygen atoms in total. The highest BCUT2D eigenvalue weighted by Gasteiger charge is 2.18. The lowest BCUT2D eigenvalue weighted by Gasteiger charge is -2.24. The smallest absolute Gasteiger partial charge is 0.252 e. The Morgan fingerprint density at radius 3 is 2.78 bits per heavy atom. The molecule has 1 rings (SSSR count). The highest BCUT2D eigenvalue weighted by molar-refractivity contribution is 6.29. The van der Waals surface area contributed by atoms with Crippen molar-refractivity contribution in [2.45, 2.75) is 26.7 Å². The number of nitrogens with zero attached hydrogens (tertiary/aromatic N) is 1. The second-order valence-electron chi connectivity index (χ2n) is 5.04. The van der Waals surface area contributed by atoms with Crippen LogP contribution in [-0.4, -0.2) is 29.1 Å². The third-order valence-electron chi connectivity index (χ3n) is 2.73. The molecule has 1 aromatic rings. The highest BCUT2D eigenvalue weighted by Crippen LogP contribution is 2.20. The average Bonchev–Trinajstić information content (AvgIpc) is 2.35. The Bertz CT molecular complexity index is 390. The number of carbonyl (C=O) groups is 1. The molecule has 0 aliphatic heterocycles. The SMILES string of the molecule is CC(C)(CCCO)CNC(=O)c1ccc(Cl)nc1. The van der Waals surface area contributed by atoms with Crippen LogP contribution in [0.5, 0.6) is 0 Å². The summed E-state index contributed by atoms with van der Waals surface area (Å²) in [6.45, 7) is 4.86. The largest absolute Gasteiger partial charge is 0.396 e. The van der Waals surface area contributed by atoms with Crippen LogP contribution in [-0.2, 0) is 0 Å². The van der Waals surface area contributed by atoms with Crippen molar-refractivity contribution < 1.29 is 9.90 Å². The summed E-state index contributed by atoms with van der Waals surface area (Å²) in [5, 5.41) is 12.0. The molecule has 0 aromatic carbocycles. The summed E-state index contributed by atoms with van der Waals surface area (Å²) in [6.07, 6.45) is 3.06. The van der Waals surface area contributed by atoms with E-state index in [0.717, 1.165) is 12.8 Å². The van der Waals surface area contributed by atoms with E-state index in [0.29, 0.717) is 17.3 Å². The van der Waals surface area contributed by atoms with Crippen LogP contribution in [0.15, 0.2) is 18.3 Å². The Kier molecular flexibility index (Phi) is 5.56. The Morgan fingerprint density at radius 2 is 2.22 bits per heavy atom. The molecular formula is C13H19ClN2O2. The van der Waals surface area contributed by atoms with E-state index in [9.17, 15) is 4.79 Å². The minimum absolute atomic E-state index is 0.0295. The van der Waals surface area contributed by atoms with Gasteiger partial charge in [0.1, 0.15) is 5.15 Å². The first-order chi connectivity index (χ1) is 8.44. The van der Waals surface area contributed by atoms with Crippen molar-refractivity contribution >= 4 is 17.5 Å². The molecule has 0 saturated heterocycles. The summed E-state index contributed by atoms with van der Waals surface area (Å²) in [7, 11) is 0. The molecule has 1 aromatic heterocycles. The van der Waals surface area contributed by atoms with Gasteiger partial charge in [0.15, 0.2) is 0 Å². The van der Waals surface area contributed by atoms with E-state index in [1.807, 2.05) is 0 Å². The number of hydrogen-bond acceptors (Lipinski definition) is 3. The van der Waals surface area contributed by atoms with Crippen LogP contribution in [0.3, 0.4) is 0 Å². The fourth-order valence-corrected chi connectivity index (χ4v) is 1.69. The molecular weight excluding hydrogens is 252 g/mol. The first kappa shape index (κ1) is 14.9. The third-order valence-corrected chi connectivity index (χ3v) is 2.95. The lowest BCUT2D eigenvalue weighted by atomic mass is 9.88. The molecule has 1 amide bonds. The van der Waals surface area contributed by atoms with Crippen molar-refractivity contribution in [3.05, 3.63) is 29.0 Å². The molecule has 0 bridgehead atoms. The zero-order chi connectivity index (χ0) is 13.6. The van der Waals surface area contributed by atoms with Crippen molar-refractivity contribution in [3.8, 4) is 0 Å². The number of carbonyl (C=O) groups excluding carboxylic acids is 1. The zero-order valence-electron chi connectivity index (χ0n) is 10.7. The quantitative estimate of drug-likeness (QED) is 0.780. The highest BCUT2D eigenvalue weighted by atomic mass is 35.5. The summed E-state index contributed by atoms with van der Waals surface area (Å²) in [4.78, 5) is 15.7. The van der Waals surface area contributed by atoms with Crippen LogP contribution < -0.4 is 5.32 Å². The number of amides is 1. The molecule has 1 heterocycles. The number of hydrogen-bond donors (Lipinski definition) is 2. The van der Waals surface area contributed by atoms with Crippen LogP contribution in [0.1, 0.15) is 37.0 Å². The number of halogens is 1. The minimum atomic E-state index is -0.156. The van der Waals surface area contributed by atoms with Crippen LogP contribution in [0.25, 0.3) is 0 Å². The summed E-state index contributed by atoms with van der Waals surface area (Å²) in [5.74, 6) is -0.156. The van der Waals surface area contributed by atoms with Gasteiger partial charge in [0.2, 0.25) is 0 Å². The van der Waals surface area contributed by atoms with Gasteiger partial charge in [-0.15, -0.1) is 0 Å². The predicted octanol–water partition coefficient (Wildman–Crippen LogP) is 2.26. The topological polar surface area (TPSA) is 62.2 Å². The molecule has 100 valence electrons. The number of aliphatic hydroxyl groups excluding tert-OH is 1. The van der Waals surface area contributed by atoms with Gasteiger partial charge in [0.25, 0.3) is 5.91 Å². The van der Waals surface area contributed by atoms with E-state index >= 15 is 0 Å². The van der Waals surface area contributed by atoms with E-state index in [4.69, 9.17) is 16.7 Å². The number of pyridine rings is 1. The maximum Gasteiger partial charge on any atom is 0.252 e. The van der Waals surface area contributed by atoms with Gasteiger partial charge in [-0.1, -0.05) is 25.4 Å². The molecule has 0 saturated carbocycles. The molecule has 0 spiro atoms. The second kappa shape index (κ2) is 6.71. The lowest BCUT2D eigenvalue weighted by Crippen LogP contribution is -2.34. The van der Waals surface area contributed by atoms with Gasteiger partial charge in [-0.2, -0.15) is 0 Å². The molecule has 5 heteroatoms. The molecule has 0 unspecified atom stereocenters. The molecule has 0 atom stereocenters. The van der Waals surface area contributed by atoms with Crippen molar-refractivity contribution in [2.24, 2.45) is 5.41 Å². The van der Waals surface area contributed by atoms with Gasteiger partial charge in [0, 0.05) is 19.3 Å². The van der Waals surface area contributed by atoms with E-state index in [-0.39, 0.29) is 17.9 Å². The first-order valence-electron chi connectivity index (χ1n) is 5.95. The fourth-order valence-electron chi connectivity index (χ4n) is 1.58. The van der Waals surface area contributed by atoms with E-state index in [1.165, 1.54) is 6.20 Å². The van der Waals surface area contributed by atoms with Gasteiger partial charge in [-0.05, 0) is 30.4 Å². The van der Waals surface area contributed by atoms with Gasteiger partial charge in [0.05, 0.1) is 5.56 Å². The minimum Gasteiger partial charge on any atom is -0.396 e. The number of aromatic nitrogens is 1. The van der Waals surface area contributed by atoms with Crippen molar-refractivity contribution in [3.63, 3.8) is 0 Å². The molecule has 0 aliphatic carbocycles. The van der Waals surface area contributed by atoms with E-state index in [1.54, 1.807) is 12.1 Å². The Labute approximate surface area is 112 Å². The van der Waals surface area contributed by atoms with Crippen LogP contribution >= 0.6 is 11.6 Å². The molecule has 18 heavy (non-hydrogen) atoms. The number of aliphatic hydroxyl groups is 1. The Hall–Kier alpha value is -1.13. The van der Waals surface area contributed by atoms with Crippen molar-refractivity contribution in [1.82, 2.24) is 10.3 Å². The number of rotatable bonds is 6. The van der Waals surface area contributed by atoms with Gasteiger partial charge in [-0.3, -0.25) is 4.79 Å². The normalized spacial score (nSPS) is 11.3. The summed E-state index contributed by atoms with van der Waals surface area (Å²) in [5.41, 5.74) is 0.468. The predicted molar refractivity (Wildman–Crippen MR) is 71.7 cm³/mol. The third kappa shape index (κ3) is 5.02. The zero-order valence-corrected chi connectivity index (χ0v) is 11.5. The van der Waals surface area contributed by atoms with Gasteiger partial charge >= 0.3 is 0 Å².